The van der Waals surface area contributed by atoms with Crippen LogP contribution in [0.4, 0.5) is 10.1 Å². The first-order valence-corrected chi connectivity index (χ1v) is 6.85. The molecule has 0 aliphatic heterocycles. The van der Waals surface area contributed by atoms with Crippen LogP contribution in [0.3, 0.4) is 0 Å². The number of anilines is 1. The van der Waals surface area contributed by atoms with E-state index in [0.29, 0.717) is 5.69 Å². The number of aryl methyl sites for hydroxylation is 3. The molecule has 112 valence electrons. The van der Waals surface area contributed by atoms with Gasteiger partial charge in [0.25, 0.3) is 0 Å². The molecule has 0 amide bonds. The van der Waals surface area contributed by atoms with Crippen LogP contribution in [0.15, 0.2) is 30.3 Å². The Bertz CT molecular complexity index is 612. The molecule has 0 aliphatic carbocycles. The topological polar surface area (TPSA) is 52.5 Å². The molecule has 1 unspecified atom stereocenters. The van der Waals surface area contributed by atoms with Crippen LogP contribution in [0.2, 0.25) is 0 Å². The summed E-state index contributed by atoms with van der Waals surface area (Å²) in [5, 5.41) is 22.6. The van der Waals surface area contributed by atoms with Crippen LogP contribution in [-0.4, -0.2) is 16.8 Å². The quantitative estimate of drug-likeness (QED) is 0.806. The molecule has 2 aromatic rings. The van der Waals surface area contributed by atoms with Gasteiger partial charge in [0.05, 0.1) is 12.6 Å². The van der Waals surface area contributed by atoms with Gasteiger partial charge >= 0.3 is 0 Å². The van der Waals surface area contributed by atoms with Crippen LogP contribution in [-0.2, 0) is 0 Å². The highest BCUT2D eigenvalue weighted by atomic mass is 19.1. The lowest BCUT2D eigenvalue weighted by atomic mass is 10.00. The second-order valence-electron chi connectivity index (χ2n) is 5.40. The summed E-state index contributed by atoms with van der Waals surface area (Å²) in [7, 11) is 0. The maximum Gasteiger partial charge on any atom is 0.125 e. The monoisotopic (exact) mass is 289 g/mol. The number of aliphatic hydroxyl groups excluding tert-OH is 1. The Labute approximate surface area is 124 Å². The van der Waals surface area contributed by atoms with Crippen molar-refractivity contribution < 1.29 is 14.6 Å². The molecule has 2 aromatic carbocycles. The number of aromatic hydroxyl groups is 1. The van der Waals surface area contributed by atoms with Crippen molar-refractivity contribution in [1.29, 1.82) is 0 Å². The minimum atomic E-state index is -0.357. The molecule has 2 rings (SSSR count). The highest BCUT2D eigenvalue weighted by Gasteiger charge is 2.14. The Morgan fingerprint density at radius 2 is 1.67 bits per heavy atom. The summed E-state index contributed by atoms with van der Waals surface area (Å²) in [6, 6.07) is 7.96. The van der Waals surface area contributed by atoms with Crippen molar-refractivity contribution in [3.8, 4) is 5.75 Å². The molecule has 1 atom stereocenters. The predicted molar refractivity (Wildman–Crippen MR) is 82.2 cm³/mol. The summed E-state index contributed by atoms with van der Waals surface area (Å²) >= 11 is 0. The van der Waals surface area contributed by atoms with Gasteiger partial charge < -0.3 is 15.5 Å². The van der Waals surface area contributed by atoms with Crippen molar-refractivity contribution in [2.24, 2.45) is 0 Å². The fourth-order valence-corrected chi connectivity index (χ4v) is 2.45. The van der Waals surface area contributed by atoms with Crippen LogP contribution in [0.1, 0.15) is 28.3 Å². The zero-order chi connectivity index (χ0) is 15.6. The molecule has 0 fully saturated rings. The Balaban J connectivity index is 2.31. The van der Waals surface area contributed by atoms with Crippen molar-refractivity contribution in [3.63, 3.8) is 0 Å². The standard InChI is InChI=1S/C17H20FNO2/c1-10-4-14(18)8-15(5-10)19-16(9-20)13-6-11(2)17(21)12(3)7-13/h4-8,16,19-21H,9H2,1-3H3. The van der Waals surface area contributed by atoms with Gasteiger partial charge in [-0.1, -0.05) is 12.1 Å². The lowest BCUT2D eigenvalue weighted by molar-refractivity contribution is 0.276. The Hall–Kier alpha value is -2.07. The highest BCUT2D eigenvalue weighted by molar-refractivity contribution is 5.50. The minimum absolute atomic E-state index is 0.126. The van der Waals surface area contributed by atoms with Crippen LogP contribution in [0, 0.1) is 26.6 Å². The van der Waals surface area contributed by atoms with E-state index in [-0.39, 0.29) is 24.2 Å². The van der Waals surface area contributed by atoms with E-state index in [0.717, 1.165) is 22.3 Å². The van der Waals surface area contributed by atoms with E-state index in [2.05, 4.69) is 5.32 Å². The molecular weight excluding hydrogens is 269 g/mol. The lowest BCUT2D eigenvalue weighted by Gasteiger charge is -2.20. The van der Waals surface area contributed by atoms with Crippen LogP contribution >= 0.6 is 0 Å². The Kier molecular flexibility index (Phi) is 4.48. The third kappa shape index (κ3) is 3.52. The van der Waals surface area contributed by atoms with E-state index in [9.17, 15) is 14.6 Å². The van der Waals surface area contributed by atoms with Crippen LogP contribution in [0.5, 0.6) is 5.75 Å². The first kappa shape index (κ1) is 15.3. The highest BCUT2D eigenvalue weighted by Crippen LogP contribution is 2.28. The molecule has 0 saturated heterocycles. The molecular formula is C17H20FNO2. The van der Waals surface area contributed by atoms with Crippen molar-refractivity contribution in [1.82, 2.24) is 0 Å². The van der Waals surface area contributed by atoms with E-state index < -0.39 is 0 Å². The molecule has 0 bridgehead atoms. The van der Waals surface area contributed by atoms with E-state index in [1.807, 2.05) is 39.0 Å². The smallest absolute Gasteiger partial charge is 0.125 e. The van der Waals surface area contributed by atoms with Gasteiger partial charge in [0.2, 0.25) is 0 Å². The SMILES string of the molecule is Cc1cc(F)cc(NC(CO)c2cc(C)c(O)c(C)c2)c1. The summed E-state index contributed by atoms with van der Waals surface area (Å²) in [5.41, 5.74) is 3.79. The zero-order valence-electron chi connectivity index (χ0n) is 12.4. The summed E-state index contributed by atoms with van der Waals surface area (Å²) in [6.07, 6.45) is 0. The van der Waals surface area contributed by atoms with E-state index in [4.69, 9.17) is 0 Å². The average Bonchev–Trinajstić information content (AvgIpc) is 2.40. The summed E-state index contributed by atoms with van der Waals surface area (Å²) in [4.78, 5) is 0. The zero-order valence-corrected chi connectivity index (χ0v) is 12.4. The van der Waals surface area contributed by atoms with Crippen LogP contribution in [0.25, 0.3) is 0 Å². The van der Waals surface area contributed by atoms with Gasteiger partial charge in [0.15, 0.2) is 0 Å². The van der Waals surface area contributed by atoms with E-state index >= 15 is 0 Å². The summed E-state index contributed by atoms with van der Waals surface area (Å²) in [6.45, 7) is 5.31. The number of phenolic OH excluding ortho intramolecular Hbond substituents is 1. The van der Waals surface area contributed by atoms with Gasteiger partial charge in [-0.15, -0.1) is 0 Å². The van der Waals surface area contributed by atoms with Crippen molar-refractivity contribution in [3.05, 3.63) is 58.4 Å². The van der Waals surface area contributed by atoms with Crippen LogP contribution < -0.4 is 5.32 Å². The molecule has 3 N–H and O–H groups in total. The fraction of sp³-hybridized carbons (Fsp3) is 0.294. The van der Waals surface area contributed by atoms with Gasteiger partial charge in [-0.3, -0.25) is 0 Å². The van der Waals surface area contributed by atoms with Gasteiger partial charge in [0.1, 0.15) is 11.6 Å². The number of phenols is 1. The maximum absolute atomic E-state index is 13.4. The second kappa shape index (κ2) is 6.14. The maximum atomic E-state index is 13.4. The largest absolute Gasteiger partial charge is 0.507 e. The minimum Gasteiger partial charge on any atom is -0.507 e. The molecule has 0 saturated carbocycles. The van der Waals surface area contributed by atoms with Crippen molar-refractivity contribution in [2.45, 2.75) is 26.8 Å². The normalized spacial score (nSPS) is 12.2. The predicted octanol–water partition coefficient (Wildman–Crippen LogP) is 3.60. The Morgan fingerprint density at radius 1 is 1.05 bits per heavy atom. The van der Waals surface area contributed by atoms with Gasteiger partial charge in [0, 0.05) is 5.69 Å². The number of benzene rings is 2. The first-order chi connectivity index (χ1) is 9.90. The second-order valence-corrected chi connectivity index (χ2v) is 5.40. The number of aliphatic hydroxyl groups is 1. The third-order valence-corrected chi connectivity index (χ3v) is 3.48. The van der Waals surface area contributed by atoms with Gasteiger partial charge in [-0.25, -0.2) is 4.39 Å². The number of hydrogen-bond acceptors (Lipinski definition) is 3. The third-order valence-electron chi connectivity index (χ3n) is 3.48. The molecule has 4 heteroatoms. The number of nitrogens with one attached hydrogen (secondary N) is 1. The molecule has 0 aliphatic rings. The molecule has 0 heterocycles. The summed E-state index contributed by atoms with van der Waals surface area (Å²) < 4.78 is 13.4. The van der Waals surface area contributed by atoms with Gasteiger partial charge in [-0.05, 0) is 61.2 Å². The summed E-state index contributed by atoms with van der Waals surface area (Å²) in [5.74, 6) is -0.0516. The average molecular weight is 289 g/mol. The van der Waals surface area contributed by atoms with Gasteiger partial charge in [-0.2, -0.15) is 0 Å². The van der Waals surface area contributed by atoms with E-state index in [1.165, 1.54) is 12.1 Å². The Morgan fingerprint density at radius 3 is 2.19 bits per heavy atom. The fourth-order valence-electron chi connectivity index (χ4n) is 2.45. The number of halogens is 1. The molecule has 3 nitrogen and oxygen atoms in total. The molecule has 21 heavy (non-hydrogen) atoms. The molecule has 0 radical (unpaired) electrons. The molecule has 0 spiro atoms. The number of hydrogen-bond donors (Lipinski definition) is 3. The van der Waals surface area contributed by atoms with E-state index in [1.54, 1.807) is 0 Å². The number of rotatable bonds is 4. The van der Waals surface area contributed by atoms with Crippen molar-refractivity contribution >= 4 is 5.69 Å². The lowest BCUT2D eigenvalue weighted by Crippen LogP contribution is -2.15. The molecule has 0 aromatic heterocycles. The van der Waals surface area contributed by atoms with Crippen molar-refractivity contribution in [2.75, 3.05) is 11.9 Å². The first-order valence-electron chi connectivity index (χ1n) is 6.85.